The van der Waals surface area contributed by atoms with Gasteiger partial charge in [-0.3, -0.25) is 4.68 Å². The lowest BCUT2D eigenvalue weighted by Crippen LogP contribution is -2.18. The molecule has 4 nitrogen and oxygen atoms in total. The lowest BCUT2D eigenvalue weighted by molar-refractivity contribution is 0.0662. The summed E-state index contributed by atoms with van der Waals surface area (Å²) in [6.07, 6.45) is 2.03. The number of ether oxygens (including phenoxy) is 2. The summed E-state index contributed by atoms with van der Waals surface area (Å²) in [5, 5.41) is 4.17. The third-order valence-electron chi connectivity index (χ3n) is 2.70. The molecule has 13 heavy (non-hydrogen) atoms. The van der Waals surface area contributed by atoms with Gasteiger partial charge in [0.1, 0.15) is 6.10 Å². The highest BCUT2D eigenvalue weighted by molar-refractivity contribution is 9.10. The van der Waals surface area contributed by atoms with Crippen molar-refractivity contribution in [1.29, 1.82) is 0 Å². The average Bonchev–Trinajstić information content (AvgIpc) is 2.48. The van der Waals surface area contributed by atoms with Gasteiger partial charge >= 0.3 is 0 Å². The van der Waals surface area contributed by atoms with E-state index in [9.17, 15) is 0 Å². The zero-order valence-electron chi connectivity index (χ0n) is 7.16. The van der Waals surface area contributed by atoms with Crippen molar-refractivity contribution in [3.05, 3.63) is 16.4 Å². The molecule has 2 aliphatic rings. The van der Waals surface area contributed by atoms with Gasteiger partial charge in [0, 0.05) is 7.05 Å². The standard InChI is InChI=1S/C8H9BrN2O2/c1-11-7(5(9)2-10-11)8-4-12-3-6(8)13-8/h2,6H,3-4H2,1H3/t6-,8-/m0/s1. The molecule has 0 aromatic carbocycles. The Labute approximate surface area is 83.9 Å². The minimum Gasteiger partial charge on any atom is -0.375 e. The van der Waals surface area contributed by atoms with Crippen molar-refractivity contribution in [3.8, 4) is 0 Å². The van der Waals surface area contributed by atoms with Gasteiger partial charge < -0.3 is 9.47 Å². The Balaban J connectivity index is 2.09. The summed E-state index contributed by atoms with van der Waals surface area (Å²) in [6.45, 7) is 1.35. The van der Waals surface area contributed by atoms with Gasteiger partial charge in [-0.15, -0.1) is 0 Å². The molecule has 0 bridgehead atoms. The number of nitrogens with zero attached hydrogens (tertiary/aromatic N) is 2. The molecule has 1 aromatic rings. The molecule has 0 unspecified atom stereocenters. The van der Waals surface area contributed by atoms with Crippen LogP contribution >= 0.6 is 15.9 Å². The first-order valence-electron chi connectivity index (χ1n) is 4.17. The average molecular weight is 245 g/mol. The quantitative estimate of drug-likeness (QED) is 0.687. The van der Waals surface area contributed by atoms with Crippen molar-refractivity contribution in [2.45, 2.75) is 11.7 Å². The molecular formula is C8H9BrN2O2. The fourth-order valence-electron chi connectivity index (χ4n) is 2.00. The predicted octanol–water partition coefficient (Wildman–Crippen LogP) is 0.807. The van der Waals surface area contributed by atoms with Crippen LogP contribution in [0.2, 0.25) is 0 Å². The normalized spacial score (nSPS) is 36.3. The molecule has 0 radical (unpaired) electrons. The number of epoxide rings is 1. The van der Waals surface area contributed by atoms with Gasteiger partial charge in [0.05, 0.1) is 29.6 Å². The number of fused-ring (bicyclic) bond motifs is 1. The van der Waals surface area contributed by atoms with E-state index in [1.54, 1.807) is 6.20 Å². The van der Waals surface area contributed by atoms with Crippen molar-refractivity contribution in [2.24, 2.45) is 7.05 Å². The largest absolute Gasteiger partial charge is 0.375 e. The molecule has 0 aliphatic carbocycles. The number of aryl methyl sites for hydroxylation is 1. The zero-order valence-corrected chi connectivity index (χ0v) is 8.74. The highest BCUT2D eigenvalue weighted by Crippen LogP contribution is 2.52. The highest BCUT2D eigenvalue weighted by atomic mass is 79.9. The van der Waals surface area contributed by atoms with Gasteiger partial charge in [-0.05, 0) is 15.9 Å². The third kappa shape index (κ3) is 0.895. The molecule has 0 N–H and O–H groups in total. The molecule has 0 saturated carbocycles. The lowest BCUT2D eigenvalue weighted by atomic mass is 10.1. The smallest absolute Gasteiger partial charge is 0.163 e. The SMILES string of the molecule is Cn1ncc(Br)c1[C@]12COC[C@@H]1O2. The zero-order chi connectivity index (χ0) is 9.05. The Kier molecular flexibility index (Phi) is 1.44. The van der Waals surface area contributed by atoms with Gasteiger partial charge in [0.2, 0.25) is 0 Å². The fourth-order valence-corrected chi connectivity index (χ4v) is 2.68. The maximum atomic E-state index is 5.63. The van der Waals surface area contributed by atoms with Crippen LogP contribution in [-0.4, -0.2) is 29.1 Å². The molecule has 0 amide bonds. The van der Waals surface area contributed by atoms with Crippen LogP contribution in [0.1, 0.15) is 5.69 Å². The summed E-state index contributed by atoms with van der Waals surface area (Å²) >= 11 is 3.47. The monoisotopic (exact) mass is 244 g/mol. The van der Waals surface area contributed by atoms with E-state index < -0.39 is 0 Å². The number of aromatic nitrogens is 2. The molecule has 70 valence electrons. The van der Waals surface area contributed by atoms with Gasteiger partial charge in [-0.25, -0.2) is 0 Å². The number of halogens is 1. The molecule has 2 aliphatic heterocycles. The first-order valence-corrected chi connectivity index (χ1v) is 4.97. The molecule has 3 rings (SSSR count). The van der Waals surface area contributed by atoms with Crippen LogP contribution in [0.15, 0.2) is 10.7 Å². The fraction of sp³-hybridized carbons (Fsp3) is 0.625. The van der Waals surface area contributed by atoms with E-state index in [1.807, 2.05) is 11.7 Å². The van der Waals surface area contributed by atoms with Gasteiger partial charge in [0.15, 0.2) is 5.60 Å². The summed E-state index contributed by atoms with van der Waals surface area (Å²) in [7, 11) is 1.92. The van der Waals surface area contributed by atoms with E-state index in [0.29, 0.717) is 13.2 Å². The maximum absolute atomic E-state index is 5.63. The van der Waals surface area contributed by atoms with E-state index >= 15 is 0 Å². The summed E-state index contributed by atoms with van der Waals surface area (Å²) in [5.74, 6) is 0. The van der Waals surface area contributed by atoms with E-state index in [2.05, 4.69) is 21.0 Å². The molecular weight excluding hydrogens is 236 g/mol. The summed E-state index contributed by atoms with van der Waals surface area (Å²) in [5.41, 5.74) is 0.888. The minimum absolute atomic E-state index is 0.204. The second kappa shape index (κ2) is 2.34. The third-order valence-corrected chi connectivity index (χ3v) is 3.28. The molecule has 1 aromatic heterocycles. The van der Waals surface area contributed by atoms with Crippen molar-refractivity contribution >= 4 is 15.9 Å². The molecule has 2 saturated heterocycles. The Morgan fingerprint density at radius 3 is 3.08 bits per heavy atom. The van der Waals surface area contributed by atoms with Crippen LogP contribution in [-0.2, 0) is 22.1 Å². The second-order valence-electron chi connectivity index (χ2n) is 3.48. The minimum atomic E-state index is -0.204. The summed E-state index contributed by atoms with van der Waals surface area (Å²) < 4.78 is 13.8. The van der Waals surface area contributed by atoms with Crippen LogP contribution < -0.4 is 0 Å². The summed E-state index contributed by atoms with van der Waals surface area (Å²) in [4.78, 5) is 0. The Morgan fingerprint density at radius 1 is 1.77 bits per heavy atom. The van der Waals surface area contributed by atoms with Crippen LogP contribution in [0, 0.1) is 0 Å². The van der Waals surface area contributed by atoms with Crippen molar-refractivity contribution in [3.63, 3.8) is 0 Å². The second-order valence-corrected chi connectivity index (χ2v) is 4.33. The molecule has 2 atom stereocenters. The Bertz CT molecular complexity index is 346. The van der Waals surface area contributed by atoms with Gasteiger partial charge in [-0.2, -0.15) is 5.10 Å². The van der Waals surface area contributed by atoms with Gasteiger partial charge in [-0.1, -0.05) is 0 Å². The molecule has 0 spiro atoms. The predicted molar refractivity (Wildman–Crippen MR) is 48.3 cm³/mol. The summed E-state index contributed by atoms with van der Waals surface area (Å²) in [6, 6.07) is 0. The van der Waals surface area contributed by atoms with Crippen molar-refractivity contribution in [2.75, 3.05) is 13.2 Å². The topological polar surface area (TPSA) is 39.6 Å². The molecule has 5 heteroatoms. The van der Waals surface area contributed by atoms with Crippen LogP contribution in [0.25, 0.3) is 0 Å². The number of rotatable bonds is 1. The first-order chi connectivity index (χ1) is 6.24. The molecule has 3 heterocycles. The van der Waals surface area contributed by atoms with Crippen LogP contribution in [0.3, 0.4) is 0 Å². The maximum Gasteiger partial charge on any atom is 0.163 e. The first kappa shape index (κ1) is 7.96. The highest BCUT2D eigenvalue weighted by Gasteiger charge is 2.64. The number of hydrogen-bond acceptors (Lipinski definition) is 3. The van der Waals surface area contributed by atoms with Crippen LogP contribution in [0.5, 0.6) is 0 Å². The van der Waals surface area contributed by atoms with E-state index in [1.165, 1.54) is 0 Å². The van der Waals surface area contributed by atoms with E-state index in [0.717, 1.165) is 10.2 Å². The Hall–Kier alpha value is -0.390. The van der Waals surface area contributed by atoms with E-state index in [-0.39, 0.29) is 11.7 Å². The Morgan fingerprint density at radius 2 is 2.62 bits per heavy atom. The van der Waals surface area contributed by atoms with Crippen LogP contribution in [0.4, 0.5) is 0 Å². The number of hydrogen-bond donors (Lipinski definition) is 0. The molecule has 2 fully saturated rings. The lowest BCUT2D eigenvalue weighted by Gasteiger charge is -2.08. The van der Waals surface area contributed by atoms with Gasteiger partial charge in [0.25, 0.3) is 0 Å². The van der Waals surface area contributed by atoms with Crippen molar-refractivity contribution in [1.82, 2.24) is 9.78 Å². The van der Waals surface area contributed by atoms with E-state index in [4.69, 9.17) is 9.47 Å². The van der Waals surface area contributed by atoms with Crippen molar-refractivity contribution < 1.29 is 9.47 Å².